The molecule has 0 bridgehead atoms. The predicted molar refractivity (Wildman–Crippen MR) is 77.0 cm³/mol. The maximum Gasteiger partial charge on any atom is 0.305 e. The molecule has 2 N–H and O–H groups in total. The Labute approximate surface area is 123 Å². The number of likely N-dealkylation sites (tertiary alicyclic amines) is 1. The Bertz CT molecular complexity index is 495. The van der Waals surface area contributed by atoms with Crippen molar-refractivity contribution in [1.82, 2.24) is 14.9 Å². The molecule has 2 rings (SSSR count). The Morgan fingerprint density at radius 3 is 2.57 bits per heavy atom. The Balaban J connectivity index is 1.85. The lowest BCUT2D eigenvalue weighted by Gasteiger charge is -2.30. The third-order valence-electron chi connectivity index (χ3n) is 3.68. The van der Waals surface area contributed by atoms with E-state index in [1.54, 1.807) is 19.3 Å². The second-order valence-corrected chi connectivity index (χ2v) is 5.18. The molecule has 1 amide bonds. The number of hydrogen-bond acceptors (Lipinski definition) is 5. The summed E-state index contributed by atoms with van der Waals surface area (Å²) in [6, 6.07) is 0. The number of nitrogens with one attached hydrogen (secondary N) is 1. The molecule has 0 saturated carbocycles. The van der Waals surface area contributed by atoms with Crippen LogP contribution in [-0.4, -0.2) is 51.5 Å². The number of carbonyl (C=O) groups excluding carboxylic acids is 1. The normalized spacial score (nSPS) is 15.8. The number of aromatic nitrogens is 2. The van der Waals surface area contributed by atoms with Crippen LogP contribution in [0, 0.1) is 0 Å². The number of hydrogen-bond donors (Lipinski definition) is 2. The van der Waals surface area contributed by atoms with Gasteiger partial charge in [-0.05, 0) is 12.8 Å². The maximum atomic E-state index is 11.3. The van der Waals surface area contributed by atoms with Crippen molar-refractivity contribution in [1.29, 1.82) is 0 Å². The van der Waals surface area contributed by atoms with Crippen LogP contribution in [0.4, 0.5) is 5.82 Å². The highest BCUT2D eigenvalue weighted by Crippen LogP contribution is 2.26. The van der Waals surface area contributed by atoms with Crippen LogP contribution in [0.15, 0.2) is 12.4 Å². The summed E-state index contributed by atoms with van der Waals surface area (Å²) >= 11 is 0. The van der Waals surface area contributed by atoms with Gasteiger partial charge in [-0.2, -0.15) is 0 Å². The minimum Gasteiger partial charge on any atom is -0.481 e. The lowest BCUT2D eigenvalue weighted by atomic mass is 9.94. The van der Waals surface area contributed by atoms with Gasteiger partial charge >= 0.3 is 5.97 Å². The molecule has 0 spiro atoms. The van der Waals surface area contributed by atoms with Crippen molar-refractivity contribution >= 4 is 17.7 Å². The van der Waals surface area contributed by atoms with E-state index in [1.165, 1.54) is 0 Å². The van der Waals surface area contributed by atoms with Crippen LogP contribution < -0.4 is 5.32 Å². The first-order chi connectivity index (χ1) is 10.1. The first-order valence-electron chi connectivity index (χ1n) is 7.09. The van der Waals surface area contributed by atoms with E-state index in [4.69, 9.17) is 5.11 Å². The van der Waals surface area contributed by atoms with E-state index in [1.807, 2.05) is 4.90 Å². The van der Waals surface area contributed by atoms with Gasteiger partial charge in [0.1, 0.15) is 5.82 Å². The lowest BCUT2D eigenvalue weighted by molar-refractivity contribution is -0.136. The summed E-state index contributed by atoms with van der Waals surface area (Å²) in [5, 5.41) is 11.5. The number of anilines is 1. The molecule has 114 valence electrons. The lowest BCUT2D eigenvalue weighted by Crippen LogP contribution is -2.36. The van der Waals surface area contributed by atoms with Gasteiger partial charge < -0.3 is 15.3 Å². The molecule has 0 unspecified atom stereocenters. The summed E-state index contributed by atoms with van der Waals surface area (Å²) in [7, 11) is 0. The van der Waals surface area contributed by atoms with Crippen LogP contribution >= 0.6 is 0 Å². The zero-order valence-corrected chi connectivity index (χ0v) is 12.1. The molecule has 7 heteroatoms. The quantitative estimate of drug-likeness (QED) is 0.843. The van der Waals surface area contributed by atoms with Gasteiger partial charge in [0.15, 0.2) is 0 Å². The summed E-state index contributed by atoms with van der Waals surface area (Å²) in [6.45, 7) is 3.46. The van der Waals surface area contributed by atoms with Crippen LogP contribution in [-0.2, 0) is 9.59 Å². The Hall–Kier alpha value is -2.18. The van der Waals surface area contributed by atoms with E-state index in [9.17, 15) is 9.59 Å². The molecule has 0 aromatic carbocycles. The number of carboxylic acids is 1. The monoisotopic (exact) mass is 292 g/mol. The van der Waals surface area contributed by atoms with Gasteiger partial charge in [-0.25, -0.2) is 4.98 Å². The van der Waals surface area contributed by atoms with Crippen molar-refractivity contribution in [3.05, 3.63) is 18.1 Å². The first-order valence-corrected chi connectivity index (χ1v) is 7.09. The molecule has 0 atom stereocenters. The highest BCUT2D eigenvalue weighted by atomic mass is 16.4. The van der Waals surface area contributed by atoms with Crippen LogP contribution in [0.5, 0.6) is 0 Å². The molecule has 1 aromatic rings. The summed E-state index contributed by atoms with van der Waals surface area (Å²) in [5.74, 6) is 0.198. The second-order valence-electron chi connectivity index (χ2n) is 5.18. The Morgan fingerprint density at radius 2 is 2.05 bits per heavy atom. The molecular formula is C14H20N4O3. The largest absolute Gasteiger partial charge is 0.481 e. The molecule has 7 nitrogen and oxygen atoms in total. The summed E-state index contributed by atoms with van der Waals surface area (Å²) < 4.78 is 0. The van der Waals surface area contributed by atoms with E-state index in [0.29, 0.717) is 18.3 Å². The van der Waals surface area contributed by atoms with Crippen molar-refractivity contribution in [3.8, 4) is 0 Å². The molecule has 21 heavy (non-hydrogen) atoms. The van der Waals surface area contributed by atoms with Crippen molar-refractivity contribution in [2.75, 3.05) is 25.0 Å². The number of amides is 1. The van der Waals surface area contributed by atoms with Gasteiger partial charge in [-0.3, -0.25) is 14.6 Å². The fourth-order valence-electron chi connectivity index (χ4n) is 2.43. The number of piperidine rings is 1. The van der Waals surface area contributed by atoms with E-state index < -0.39 is 5.97 Å². The molecule has 0 radical (unpaired) electrons. The SMILES string of the molecule is CC(=O)N1CCC(c2cnc(NCCC(=O)O)cn2)CC1. The smallest absolute Gasteiger partial charge is 0.305 e. The standard InChI is InChI=1S/C14H20N4O3/c1-10(19)18-6-3-11(4-7-18)12-8-17-13(9-16-12)15-5-2-14(20)21/h8-9,11H,2-7H2,1H3,(H,15,17)(H,20,21). The fourth-order valence-corrected chi connectivity index (χ4v) is 2.43. The topological polar surface area (TPSA) is 95.4 Å². The number of carbonyl (C=O) groups is 2. The third kappa shape index (κ3) is 4.40. The number of rotatable bonds is 5. The highest BCUT2D eigenvalue weighted by Gasteiger charge is 2.22. The zero-order chi connectivity index (χ0) is 15.2. The van der Waals surface area contributed by atoms with E-state index in [-0.39, 0.29) is 12.3 Å². The maximum absolute atomic E-state index is 11.3. The van der Waals surface area contributed by atoms with Gasteiger partial charge in [0.25, 0.3) is 0 Å². The van der Waals surface area contributed by atoms with Crippen LogP contribution in [0.25, 0.3) is 0 Å². The number of carboxylic acid groups (broad SMARTS) is 1. The van der Waals surface area contributed by atoms with Crippen molar-refractivity contribution in [3.63, 3.8) is 0 Å². The minimum absolute atomic E-state index is 0.0485. The molecule has 1 aromatic heterocycles. The van der Waals surface area contributed by atoms with Crippen molar-refractivity contribution < 1.29 is 14.7 Å². The molecule has 1 aliphatic rings. The number of aliphatic carboxylic acids is 1. The minimum atomic E-state index is -0.843. The van der Waals surface area contributed by atoms with Gasteiger partial charge in [0, 0.05) is 32.5 Å². The Morgan fingerprint density at radius 1 is 1.33 bits per heavy atom. The summed E-state index contributed by atoms with van der Waals surface area (Å²) in [4.78, 5) is 32.2. The fraction of sp³-hybridized carbons (Fsp3) is 0.571. The molecule has 1 fully saturated rings. The Kier molecular flexibility index (Phi) is 5.08. The van der Waals surface area contributed by atoms with Crippen LogP contribution in [0.2, 0.25) is 0 Å². The van der Waals surface area contributed by atoms with E-state index in [2.05, 4.69) is 15.3 Å². The summed E-state index contributed by atoms with van der Waals surface area (Å²) in [6.07, 6.45) is 5.22. The zero-order valence-electron chi connectivity index (χ0n) is 12.1. The highest BCUT2D eigenvalue weighted by molar-refractivity contribution is 5.73. The van der Waals surface area contributed by atoms with Gasteiger partial charge in [-0.15, -0.1) is 0 Å². The van der Waals surface area contributed by atoms with E-state index in [0.717, 1.165) is 31.6 Å². The van der Waals surface area contributed by atoms with E-state index >= 15 is 0 Å². The van der Waals surface area contributed by atoms with Crippen molar-refractivity contribution in [2.45, 2.75) is 32.1 Å². The average Bonchev–Trinajstić information content (AvgIpc) is 2.48. The van der Waals surface area contributed by atoms with Gasteiger partial charge in [0.2, 0.25) is 5.91 Å². The molecular weight excluding hydrogens is 272 g/mol. The van der Waals surface area contributed by atoms with Crippen LogP contribution in [0.3, 0.4) is 0 Å². The number of nitrogens with zero attached hydrogens (tertiary/aromatic N) is 3. The second kappa shape index (κ2) is 7.01. The molecule has 0 aliphatic carbocycles. The van der Waals surface area contributed by atoms with Crippen LogP contribution in [0.1, 0.15) is 37.8 Å². The summed E-state index contributed by atoms with van der Waals surface area (Å²) in [5.41, 5.74) is 0.932. The van der Waals surface area contributed by atoms with Crippen molar-refractivity contribution in [2.24, 2.45) is 0 Å². The molecule has 1 saturated heterocycles. The third-order valence-corrected chi connectivity index (χ3v) is 3.68. The predicted octanol–water partition coefficient (Wildman–Crippen LogP) is 1.09. The first kappa shape index (κ1) is 15.2. The molecule has 2 heterocycles. The van der Waals surface area contributed by atoms with Gasteiger partial charge in [0.05, 0.1) is 24.5 Å². The average molecular weight is 292 g/mol. The van der Waals surface area contributed by atoms with Gasteiger partial charge in [-0.1, -0.05) is 0 Å². The molecule has 1 aliphatic heterocycles.